The van der Waals surface area contributed by atoms with Crippen molar-refractivity contribution in [2.75, 3.05) is 27.3 Å². The van der Waals surface area contributed by atoms with Crippen LogP contribution in [0.2, 0.25) is 0 Å². The Morgan fingerprint density at radius 1 is 1.07 bits per heavy atom. The average molecular weight is 370 g/mol. The molecule has 0 amide bonds. The molecule has 27 heavy (non-hydrogen) atoms. The summed E-state index contributed by atoms with van der Waals surface area (Å²) in [5, 5.41) is 6.72. The van der Waals surface area contributed by atoms with Crippen LogP contribution in [0.3, 0.4) is 0 Å². The molecule has 6 heteroatoms. The summed E-state index contributed by atoms with van der Waals surface area (Å²) >= 11 is 0. The van der Waals surface area contributed by atoms with Crippen molar-refractivity contribution < 1.29 is 9.47 Å². The summed E-state index contributed by atoms with van der Waals surface area (Å²) in [7, 11) is 3.30. The third-order valence-corrected chi connectivity index (χ3v) is 4.33. The van der Waals surface area contributed by atoms with Gasteiger partial charge >= 0.3 is 0 Å². The van der Waals surface area contributed by atoms with Crippen LogP contribution in [0.15, 0.2) is 47.6 Å². The molecule has 2 rings (SSSR count). The Morgan fingerprint density at radius 3 is 2.48 bits per heavy atom. The zero-order chi connectivity index (χ0) is 19.7. The topological polar surface area (TPSA) is 67.8 Å². The lowest BCUT2D eigenvalue weighted by Gasteiger charge is -2.27. The Morgan fingerprint density at radius 2 is 1.85 bits per heavy atom. The number of ether oxygens (including phenoxy) is 2. The molecule has 146 valence electrons. The minimum atomic E-state index is -0.124. The zero-order valence-electron chi connectivity index (χ0n) is 16.9. The van der Waals surface area contributed by atoms with Gasteiger partial charge in [-0.3, -0.25) is 4.98 Å². The molecule has 0 spiro atoms. The molecule has 0 bridgehead atoms. The van der Waals surface area contributed by atoms with Crippen molar-refractivity contribution in [2.24, 2.45) is 4.99 Å². The highest BCUT2D eigenvalue weighted by atomic mass is 16.5. The first-order valence-corrected chi connectivity index (χ1v) is 9.14. The molecule has 2 N–H and O–H groups in total. The van der Waals surface area contributed by atoms with Gasteiger partial charge in [0.05, 0.1) is 26.5 Å². The van der Waals surface area contributed by atoms with Gasteiger partial charge in [0.2, 0.25) is 0 Å². The second kappa shape index (κ2) is 9.80. The van der Waals surface area contributed by atoms with E-state index in [1.807, 2.05) is 30.3 Å². The summed E-state index contributed by atoms with van der Waals surface area (Å²) in [6.45, 7) is 8.47. The number of pyridine rings is 1. The van der Waals surface area contributed by atoms with Crippen molar-refractivity contribution in [3.05, 3.63) is 53.9 Å². The molecule has 0 saturated heterocycles. The maximum atomic E-state index is 5.44. The first kappa shape index (κ1) is 20.6. The molecule has 0 atom stereocenters. The summed E-state index contributed by atoms with van der Waals surface area (Å²) in [5.74, 6) is 2.24. The molecule has 2 aromatic rings. The second-order valence-corrected chi connectivity index (χ2v) is 6.82. The van der Waals surface area contributed by atoms with E-state index in [9.17, 15) is 0 Å². The van der Waals surface area contributed by atoms with E-state index in [0.717, 1.165) is 41.8 Å². The summed E-state index contributed by atoms with van der Waals surface area (Å²) in [4.78, 5) is 8.94. The van der Waals surface area contributed by atoms with E-state index >= 15 is 0 Å². The number of rotatable bonds is 8. The fraction of sp³-hybridized carbons (Fsp3) is 0.429. The molecular weight excluding hydrogens is 340 g/mol. The fourth-order valence-electron chi connectivity index (χ4n) is 2.66. The zero-order valence-corrected chi connectivity index (χ0v) is 16.9. The fourth-order valence-corrected chi connectivity index (χ4v) is 2.66. The van der Waals surface area contributed by atoms with Crippen molar-refractivity contribution >= 4 is 5.96 Å². The van der Waals surface area contributed by atoms with Crippen molar-refractivity contribution in [3.63, 3.8) is 0 Å². The van der Waals surface area contributed by atoms with Gasteiger partial charge in [-0.15, -0.1) is 0 Å². The van der Waals surface area contributed by atoms with E-state index in [-0.39, 0.29) is 5.41 Å². The van der Waals surface area contributed by atoms with Crippen molar-refractivity contribution in [2.45, 2.75) is 32.7 Å². The van der Waals surface area contributed by atoms with Crippen molar-refractivity contribution in [1.29, 1.82) is 0 Å². The summed E-state index contributed by atoms with van der Waals surface area (Å²) in [6.07, 6.45) is 1.78. The number of aliphatic imine (C=N–C) groups is 1. The number of aromatic nitrogens is 1. The SMILES string of the molecule is CCNC(=NCc1ccccn1)NCC(C)(C)c1ccc(OC)c(OC)c1. The smallest absolute Gasteiger partial charge is 0.191 e. The van der Waals surface area contributed by atoms with Crippen LogP contribution in [0.5, 0.6) is 11.5 Å². The highest BCUT2D eigenvalue weighted by Crippen LogP contribution is 2.32. The highest BCUT2D eigenvalue weighted by Gasteiger charge is 2.22. The number of benzene rings is 1. The van der Waals surface area contributed by atoms with Gasteiger partial charge in [0.15, 0.2) is 17.5 Å². The third kappa shape index (κ3) is 5.88. The number of hydrogen-bond acceptors (Lipinski definition) is 4. The lowest BCUT2D eigenvalue weighted by Crippen LogP contribution is -2.43. The second-order valence-electron chi connectivity index (χ2n) is 6.82. The van der Waals surface area contributed by atoms with Gasteiger partial charge in [0.1, 0.15) is 0 Å². The Labute approximate surface area is 162 Å². The molecule has 1 aromatic carbocycles. The standard InChI is InChI=1S/C21H30N4O2/c1-6-22-20(24-14-17-9-7-8-12-23-17)25-15-21(2,3)16-10-11-18(26-4)19(13-16)27-5/h7-13H,6,14-15H2,1-5H3,(H2,22,24,25). The van der Waals surface area contributed by atoms with Gasteiger partial charge in [0, 0.05) is 24.7 Å². The summed E-state index contributed by atoms with van der Waals surface area (Å²) in [5.41, 5.74) is 1.97. The van der Waals surface area contributed by atoms with Crippen molar-refractivity contribution in [1.82, 2.24) is 15.6 Å². The predicted molar refractivity (Wildman–Crippen MR) is 110 cm³/mol. The monoisotopic (exact) mass is 370 g/mol. The highest BCUT2D eigenvalue weighted by molar-refractivity contribution is 5.79. The number of hydrogen-bond donors (Lipinski definition) is 2. The minimum absolute atomic E-state index is 0.124. The van der Waals surface area contributed by atoms with E-state index in [1.54, 1.807) is 20.4 Å². The molecule has 6 nitrogen and oxygen atoms in total. The molecule has 0 radical (unpaired) electrons. The Kier molecular flexibility index (Phi) is 7.46. The molecule has 0 unspecified atom stereocenters. The van der Waals surface area contributed by atoms with Crippen LogP contribution < -0.4 is 20.1 Å². The Hall–Kier alpha value is -2.76. The Bertz CT molecular complexity index is 745. The lowest BCUT2D eigenvalue weighted by molar-refractivity contribution is 0.353. The first-order valence-electron chi connectivity index (χ1n) is 9.14. The normalized spacial score (nSPS) is 11.8. The molecule has 0 aliphatic carbocycles. The Balaban J connectivity index is 2.08. The summed E-state index contributed by atoms with van der Waals surface area (Å²) < 4.78 is 10.8. The van der Waals surface area contributed by atoms with Crippen LogP contribution in [0.1, 0.15) is 32.0 Å². The van der Waals surface area contributed by atoms with Gasteiger partial charge < -0.3 is 20.1 Å². The number of nitrogens with one attached hydrogen (secondary N) is 2. The first-order chi connectivity index (χ1) is 13.0. The minimum Gasteiger partial charge on any atom is -0.493 e. The number of guanidine groups is 1. The number of nitrogens with zero attached hydrogens (tertiary/aromatic N) is 2. The van der Waals surface area contributed by atoms with Crippen LogP contribution in [-0.2, 0) is 12.0 Å². The maximum absolute atomic E-state index is 5.44. The van der Waals surface area contributed by atoms with Gasteiger partial charge in [0.25, 0.3) is 0 Å². The van der Waals surface area contributed by atoms with Gasteiger partial charge in [-0.05, 0) is 36.8 Å². The molecule has 1 aromatic heterocycles. The lowest BCUT2D eigenvalue weighted by atomic mass is 9.84. The average Bonchev–Trinajstić information content (AvgIpc) is 2.70. The summed E-state index contributed by atoms with van der Waals surface area (Å²) in [6, 6.07) is 11.9. The van der Waals surface area contributed by atoms with Crippen LogP contribution >= 0.6 is 0 Å². The van der Waals surface area contributed by atoms with Crippen LogP contribution in [0.4, 0.5) is 0 Å². The van der Waals surface area contributed by atoms with E-state index in [1.165, 1.54) is 0 Å². The van der Waals surface area contributed by atoms with E-state index in [4.69, 9.17) is 9.47 Å². The van der Waals surface area contributed by atoms with Gasteiger partial charge in [-0.1, -0.05) is 26.0 Å². The van der Waals surface area contributed by atoms with E-state index in [2.05, 4.69) is 47.4 Å². The van der Waals surface area contributed by atoms with E-state index in [0.29, 0.717) is 6.54 Å². The molecule has 0 saturated carbocycles. The van der Waals surface area contributed by atoms with Crippen molar-refractivity contribution in [3.8, 4) is 11.5 Å². The number of methoxy groups -OCH3 is 2. The molecular formula is C21H30N4O2. The largest absolute Gasteiger partial charge is 0.493 e. The third-order valence-electron chi connectivity index (χ3n) is 4.33. The molecule has 0 aliphatic heterocycles. The van der Waals surface area contributed by atoms with Crippen LogP contribution in [0.25, 0.3) is 0 Å². The molecule has 0 fully saturated rings. The molecule has 1 heterocycles. The van der Waals surface area contributed by atoms with Gasteiger partial charge in [-0.2, -0.15) is 0 Å². The quantitative estimate of drug-likeness (QED) is 0.552. The van der Waals surface area contributed by atoms with Crippen LogP contribution in [0, 0.1) is 0 Å². The van der Waals surface area contributed by atoms with E-state index < -0.39 is 0 Å². The maximum Gasteiger partial charge on any atom is 0.191 e. The van der Waals surface area contributed by atoms with Crippen LogP contribution in [-0.4, -0.2) is 38.3 Å². The van der Waals surface area contributed by atoms with Gasteiger partial charge in [-0.25, -0.2) is 4.99 Å². The predicted octanol–water partition coefficient (Wildman–Crippen LogP) is 3.13. The molecule has 0 aliphatic rings.